The van der Waals surface area contributed by atoms with Crippen molar-refractivity contribution in [1.29, 1.82) is 5.26 Å². The maximum Gasteiger partial charge on any atom is 0.124 e. The van der Waals surface area contributed by atoms with E-state index < -0.39 is 0 Å². The maximum atomic E-state index is 8.66. The summed E-state index contributed by atoms with van der Waals surface area (Å²) in [6.07, 6.45) is 3.26. The van der Waals surface area contributed by atoms with Gasteiger partial charge in [0.1, 0.15) is 10.7 Å². The Balaban J connectivity index is 3.38. The number of rotatable bonds is 1. The zero-order valence-corrected chi connectivity index (χ0v) is 7.30. The molecule has 0 fully saturated rings. The van der Waals surface area contributed by atoms with Gasteiger partial charge in [-0.2, -0.15) is 5.26 Å². The molecule has 0 unspecified atom stereocenters. The zero-order valence-electron chi connectivity index (χ0n) is 5.71. The Morgan fingerprint density at radius 2 is 2.45 bits per heavy atom. The van der Waals surface area contributed by atoms with Crippen LogP contribution in [0.2, 0.25) is 0 Å². The van der Waals surface area contributed by atoms with Crippen molar-refractivity contribution < 1.29 is 0 Å². The van der Waals surface area contributed by atoms with Crippen LogP contribution in [0.4, 0.5) is 0 Å². The molecule has 0 amide bonds. The van der Waals surface area contributed by atoms with Crippen LogP contribution < -0.4 is 0 Å². The Kier molecular flexibility index (Phi) is 2.40. The van der Waals surface area contributed by atoms with Crippen LogP contribution in [-0.4, -0.2) is 4.98 Å². The molecular weight excluding hydrogens is 204 g/mol. The molecule has 0 N–H and O–H groups in total. The quantitative estimate of drug-likeness (QED) is 0.665. The van der Waals surface area contributed by atoms with Crippen LogP contribution in [-0.2, 0) is 0 Å². The van der Waals surface area contributed by atoms with Gasteiger partial charge < -0.3 is 0 Å². The fourth-order valence-electron chi connectivity index (χ4n) is 0.731. The molecule has 0 aliphatic rings. The minimum absolute atomic E-state index is 0.530. The second kappa shape index (κ2) is 3.31. The molecule has 0 spiro atoms. The lowest BCUT2D eigenvalue weighted by atomic mass is 10.1. The molecule has 1 aromatic rings. The second-order valence-electron chi connectivity index (χ2n) is 1.88. The fourth-order valence-corrected chi connectivity index (χ4v) is 1.17. The number of pyridine rings is 1. The van der Waals surface area contributed by atoms with Crippen molar-refractivity contribution >= 4 is 22.0 Å². The Labute approximate surface area is 73.3 Å². The topological polar surface area (TPSA) is 36.7 Å². The van der Waals surface area contributed by atoms with E-state index in [1.807, 2.05) is 6.07 Å². The summed E-state index contributed by atoms with van der Waals surface area (Å²) < 4.78 is 0.567. The second-order valence-corrected chi connectivity index (χ2v) is 2.63. The Bertz CT molecular complexity index is 325. The highest BCUT2D eigenvalue weighted by molar-refractivity contribution is 9.10. The van der Waals surface area contributed by atoms with E-state index in [1.54, 1.807) is 18.3 Å². The van der Waals surface area contributed by atoms with E-state index in [2.05, 4.69) is 27.5 Å². The Morgan fingerprint density at radius 3 is 2.91 bits per heavy atom. The highest BCUT2D eigenvalue weighted by Crippen LogP contribution is 2.17. The van der Waals surface area contributed by atoms with Gasteiger partial charge in [0.25, 0.3) is 0 Å². The van der Waals surface area contributed by atoms with Crippen molar-refractivity contribution in [2.45, 2.75) is 0 Å². The molecule has 0 saturated carbocycles. The third-order valence-electron chi connectivity index (χ3n) is 1.27. The predicted octanol–water partition coefficient (Wildman–Crippen LogP) is 2.36. The van der Waals surface area contributed by atoms with Gasteiger partial charge in [0, 0.05) is 6.20 Å². The van der Waals surface area contributed by atoms with E-state index in [0.717, 1.165) is 5.56 Å². The van der Waals surface area contributed by atoms with Gasteiger partial charge in [0.05, 0.1) is 5.56 Å². The summed E-state index contributed by atoms with van der Waals surface area (Å²) in [5, 5.41) is 8.66. The summed E-state index contributed by atoms with van der Waals surface area (Å²) in [6, 6.07) is 3.78. The summed E-state index contributed by atoms with van der Waals surface area (Å²) in [4.78, 5) is 3.90. The van der Waals surface area contributed by atoms with Crippen molar-refractivity contribution in [3.8, 4) is 6.07 Å². The van der Waals surface area contributed by atoms with Crippen molar-refractivity contribution in [1.82, 2.24) is 4.98 Å². The molecule has 2 nitrogen and oxygen atoms in total. The number of aromatic nitrogens is 1. The largest absolute Gasteiger partial charge is 0.248 e. The van der Waals surface area contributed by atoms with Crippen molar-refractivity contribution in [3.63, 3.8) is 0 Å². The minimum Gasteiger partial charge on any atom is -0.248 e. The zero-order chi connectivity index (χ0) is 8.27. The first-order valence-electron chi connectivity index (χ1n) is 2.96. The normalized spacial score (nSPS) is 8.73. The SMILES string of the molecule is C=Cc1ccnc(Br)c1C#N. The average Bonchev–Trinajstić information content (AvgIpc) is 2.04. The van der Waals surface area contributed by atoms with Crippen LogP contribution in [0.5, 0.6) is 0 Å². The van der Waals surface area contributed by atoms with Crippen LogP contribution in [0.1, 0.15) is 11.1 Å². The van der Waals surface area contributed by atoms with E-state index in [1.165, 1.54) is 0 Å². The smallest absolute Gasteiger partial charge is 0.124 e. The average molecular weight is 209 g/mol. The lowest BCUT2D eigenvalue weighted by Crippen LogP contribution is -1.86. The van der Waals surface area contributed by atoms with Gasteiger partial charge in [-0.3, -0.25) is 0 Å². The van der Waals surface area contributed by atoms with E-state index in [4.69, 9.17) is 5.26 Å². The molecule has 0 atom stereocenters. The molecular formula is C8H5BrN2. The van der Waals surface area contributed by atoms with Crippen molar-refractivity contribution in [3.05, 3.63) is 34.6 Å². The molecule has 0 saturated heterocycles. The van der Waals surface area contributed by atoms with Crippen LogP contribution in [0, 0.1) is 11.3 Å². The number of nitriles is 1. The van der Waals surface area contributed by atoms with Crippen LogP contribution >= 0.6 is 15.9 Å². The molecule has 1 heterocycles. The lowest BCUT2D eigenvalue weighted by molar-refractivity contribution is 1.24. The highest BCUT2D eigenvalue weighted by atomic mass is 79.9. The van der Waals surface area contributed by atoms with Gasteiger partial charge >= 0.3 is 0 Å². The third-order valence-corrected chi connectivity index (χ3v) is 1.87. The number of nitrogens with zero attached hydrogens (tertiary/aromatic N) is 2. The summed E-state index contributed by atoms with van der Waals surface area (Å²) in [5.74, 6) is 0. The monoisotopic (exact) mass is 208 g/mol. The van der Waals surface area contributed by atoms with Gasteiger partial charge in [-0.1, -0.05) is 12.7 Å². The molecule has 0 radical (unpaired) electrons. The van der Waals surface area contributed by atoms with Crippen LogP contribution in [0.25, 0.3) is 6.08 Å². The Hall–Kier alpha value is -1.14. The molecule has 0 aliphatic carbocycles. The highest BCUT2D eigenvalue weighted by Gasteiger charge is 2.02. The van der Waals surface area contributed by atoms with E-state index in [9.17, 15) is 0 Å². The van der Waals surface area contributed by atoms with E-state index >= 15 is 0 Å². The first-order chi connectivity index (χ1) is 5.29. The number of halogens is 1. The standard InChI is InChI=1S/C8H5BrN2/c1-2-6-3-4-11-8(9)7(6)5-10/h2-4H,1H2. The molecule has 0 aliphatic heterocycles. The molecule has 0 aromatic carbocycles. The van der Waals surface area contributed by atoms with E-state index in [0.29, 0.717) is 10.2 Å². The van der Waals surface area contributed by atoms with Gasteiger partial charge in [-0.25, -0.2) is 4.98 Å². The summed E-state index contributed by atoms with van der Waals surface area (Å²) in [6.45, 7) is 3.58. The number of hydrogen-bond acceptors (Lipinski definition) is 2. The molecule has 0 bridgehead atoms. The summed E-state index contributed by atoms with van der Waals surface area (Å²) >= 11 is 3.17. The maximum absolute atomic E-state index is 8.66. The van der Waals surface area contributed by atoms with Gasteiger partial charge in [-0.15, -0.1) is 0 Å². The van der Waals surface area contributed by atoms with Gasteiger partial charge in [0.2, 0.25) is 0 Å². The summed E-state index contributed by atoms with van der Waals surface area (Å²) in [7, 11) is 0. The van der Waals surface area contributed by atoms with Gasteiger partial charge in [-0.05, 0) is 27.6 Å². The van der Waals surface area contributed by atoms with Crippen molar-refractivity contribution in [2.24, 2.45) is 0 Å². The molecule has 54 valence electrons. The molecule has 1 rings (SSSR count). The fraction of sp³-hybridized carbons (Fsp3) is 0. The minimum atomic E-state index is 0.530. The van der Waals surface area contributed by atoms with Crippen LogP contribution in [0.15, 0.2) is 23.4 Å². The summed E-state index contributed by atoms with van der Waals surface area (Å²) in [5.41, 5.74) is 1.33. The Morgan fingerprint density at radius 1 is 1.73 bits per heavy atom. The molecule has 1 aromatic heterocycles. The molecule has 3 heteroatoms. The first kappa shape index (κ1) is 7.96. The first-order valence-corrected chi connectivity index (χ1v) is 3.76. The molecule has 11 heavy (non-hydrogen) atoms. The lowest BCUT2D eigenvalue weighted by Gasteiger charge is -1.96. The van der Waals surface area contributed by atoms with Crippen molar-refractivity contribution in [2.75, 3.05) is 0 Å². The number of hydrogen-bond donors (Lipinski definition) is 0. The van der Waals surface area contributed by atoms with Gasteiger partial charge in [0.15, 0.2) is 0 Å². The van der Waals surface area contributed by atoms with E-state index in [-0.39, 0.29) is 0 Å². The predicted molar refractivity (Wildman–Crippen MR) is 46.7 cm³/mol. The van der Waals surface area contributed by atoms with Crippen LogP contribution in [0.3, 0.4) is 0 Å². The third kappa shape index (κ3) is 1.47.